The number of carbonyl (C=O) groups is 1. The van der Waals surface area contributed by atoms with Crippen LogP contribution in [0.25, 0.3) is 0 Å². The quantitative estimate of drug-likeness (QED) is 0.731. The van der Waals surface area contributed by atoms with Crippen LogP contribution in [-0.2, 0) is 16.1 Å². The zero-order valence-corrected chi connectivity index (χ0v) is 12.0. The molecule has 8 heteroatoms. The van der Waals surface area contributed by atoms with E-state index in [9.17, 15) is 4.79 Å². The fourth-order valence-electron chi connectivity index (χ4n) is 2.37. The predicted molar refractivity (Wildman–Crippen MR) is 71.8 cm³/mol. The molecule has 1 aliphatic rings. The van der Waals surface area contributed by atoms with Gasteiger partial charge in [-0.25, -0.2) is 4.68 Å². The molecule has 1 saturated heterocycles. The molecule has 2 heterocycles. The molecular weight excluding hydrogens is 260 g/mol. The van der Waals surface area contributed by atoms with Gasteiger partial charge in [0.05, 0.1) is 13.2 Å². The lowest BCUT2D eigenvalue weighted by atomic mass is 10.0. The minimum Gasteiger partial charge on any atom is -0.379 e. The van der Waals surface area contributed by atoms with Gasteiger partial charge in [-0.3, -0.25) is 9.69 Å². The van der Waals surface area contributed by atoms with Gasteiger partial charge in [0.1, 0.15) is 12.9 Å². The van der Waals surface area contributed by atoms with E-state index in [1.807, 2.05) is 0 Å². The van der Waals surface area contributed by atoms with Crippen LogP contribution >= 0.6 is 0 Å². The van der Waals surface area contributed by atoms with Crippen LogP contribution in [0.1, 0.15) is 13.8 Å². The third-order valence-corrected chi connectivity index (χ3v) is 3.49. The van der Waals surface area contributed by atoms with Crippen molar-refractivity contribution < 1.29 is 9.53 Å². The van der Waals surface area contributed by atoms with E-state index in [-0.39, 0.29) is 12.5 Å². The molecule has 1 atom stereocenters. The molecule has 0 aliphatic carbocycles. The van der Waals surface area contributed by atoms with E-state index < -0.39 is 0 Å². The highest BCUT2D eigenvalue weighted by Crippen LogP contribution is 2.12. The average molecular weight is 282 g/mol. The number of amides is 1. The van der Waals surface area contributed by atoms with E-state index in [0.717, 1.165) is 26.3 Å². The van der Waals surface area contributed by atoms with Crippen molar-refractivity contribution in [3.8, 4) is 0 Å². The Bertz CT molecular complexity index is 402. The van der Waals surface area contributed by atoms with Gasteiger partial charge in [-0.15, -0.1) is 5.10 Å². The Balaban J connectivity index is 1.80. The fraction of sp³-hybridized carbons (Fsp3) is 0.833. The zero-order chi connectivity index (χ0) is 14.4. The summed E-state index contributed by atoms with van der Waals surface area (Å²) in [6.45, 7) is 8.52. The van der Waals surface area contributed by atoms with Crippen molar-refractivity contribution in [2.75, 3.05) is 32.8 Å². The standard InChI is InChI=1S/C12H22N6O2/c1-10(2)11(17-3-5-20-6-4-17)7-13-12(19)8-18-9-14-15-16-18/h9-11H,3-8H2,1-2H3,(H,13,19). The minimum atomic E-state index is -0.0730. The molecule has 2 rings (SSSR count). The zero-order valence-electron chi connectivity index (χ0n) is 12.0. The second-order valence-electron chi connectivity index (χ2n) is 5.27. The second-order valence-corrected chi connectivity index (χ2v) is 5.27. The van der Waals surface area contributed by atoms with Crippen molar-refractivity contribution in [2.45, 2.75) is 26.4 Å². The average Bonchev–Trinajstić information content (AvgIpc) is 2.92. The first kappa shape index (κ1) is 14.9. The van der Waals surface area contributed by atoms with Gasteiger partial charge in [0.2, 0.25) is 5.91 Å². The maximum Gasteiger partial charge on any atom is 0.241 e. The maximum atomic E-state index is 11.8. The first-order valence-electron chi connectivity index (χ1n) is 6.96. The molecule has 8 nitrogen and oxygen atoms in total. The molecule has 0 spiro atoms. The van der Waals surface area contributed by atoms with Gasteiger partial charge < -0.3 is 10.1 Å². The van der Waals surface area contributed by atoms with Crippen molar-refractivity contribution in [2.24, 2.45) is 5.92 Å². The molecule has 0 saturated carbocycles. The Morgan fingerprint density at radius 3 is 2.75 bits per heavy atom. The minimum absolute atomic E-state index is 0.0730. The van der Waals surface area contributed by atoms with Crippen LogP contribution in [0.4, 0.5) is 0 Å². The van der Waals surface area contributed by atoms with Crippen LogP contribution in [0, 0.1) is 5.92 Å². The highest BCUT2D eigenvalue weighted by Gasteiger charge is 2.24. The van der Waals surface area contributed by atoms with Gasteiger partial charge in [0, 0.05) is 25.7 Å². The third kappa shape index (κ3) is 4.24. The number of nitrogens with one attached hydrogen (secondary N) is 1. The van der Waals surface area contributed by atoms with E-state index in [0.29, 0.717) is 18.5 Å². The number of tetrazole rings is 1. The van der Waals surface area contributed by atoms with E-state index >= 15 is 0 Å². The molecule has 0 aromatic carbocycles. The molecular formula is C12H22N6O2. The summed E-state index contributed by atoms with van der Waals surface area (Å²) in [5, 5.41) is 13.6. The molecule has 1 amide bonds. The molecule has 0 radical (unpaired) electrons. The molecule has 1 fully saturated rings. The predicted octanol–water partition coefficient (Wildman–Crippen LogP) is -0.854. The first-order chi connectivity index (χ1) is 9.66. The SMILES string of the molecule is CC(C)C(CNC(=O)Cn1cnnn1)N1CCOCC1. The largest absolute Gasteiger partial charge is 0.379 e. The smallest absolute Gasteiger partial charge is 0.241 e. The van der Waals surface area contributed by atoms with Crippen molar-refractivity contribution in [1.29, 1.82) is 0 Å². The Labute approximate surface area is 118 Å². The van der Waals surface area contributed by atoms with Crippen LogP contribution in [0.15, 0.2) is 6.33 Å². The van der Waals surface area contributed by atoms with Crippen LogP contribution in [0.2, 0.25) is 0 Å². The summed E-state index contributed by atoms with van der Waals surface area (Å²) in [7, 11) is 0. The Morgan fingerprint density at radius 1 is 1.40 bits per heavy atom. The van der Waals surface area contributed by atoms with Gasteiger partial charge in [-0.2, -0.15) is 0 Å². The van der Waals surface area contributed by atoms with Crippen molar-refractivity contribution in [3.05, 3.63) is 6.33 Å². The lowest BCUT2D eigenvalue weighted by Gasteiger charge is -2.36. The van der Waals surface area contributed by atoms with Crippen LogP contribution in [0.3, 0.4) is 0 Å². The van der Waals surface area contributed by atoms with Gasteiger partial charge in [-0.05, 0) is 16.3 Å². The molecule has 1 aromatic rings. The van der Waals surface area contributed by atoms with Crippen molar-refractivity contribution in [3.63, 3.8) is 0 Å². The number of hydrogen-bond acceptors (Lipinski definition) is 6. The van der Waals surface area contributed by atoms with Gasteiger partial charge in [-0.1, -0.05) is 13.8 Å². The van der Waals surface area contributed by atoms with E-state index in [2.05, 4.69) is 39.6 Å². The number of rotatable bonds is 6. The third-order valence-electron chi connectivity index (χ3n) is 3.49. The summed E-state index contributed by atoms with van der Waals surface area (Å²) in [5.41, 5.74) is 0. The molecule has 1 N–H and O–H groups in total. The summed E-state index contributed by atoms with van der Waals surface area (Å²) in [6, 6.07) is 0.330. The lowest BCUT2D eigenvalue weighted by molar-refractivity contribution is -0.122. The van der Waals surface area contributed by atoms with Crippen LogP contribution in [-0.4, -0.2) is 69.9 Å². The molecule has 1 aliphatic heterocycles. The topological polar surface area (TPSA) is 85.2 Å². The second kappa shape index (κ2) is 7.30. The normalized spacial score (nSPS) is 18.1. The maximum absolute atomic E-state index is 11.8. The van der Waals surface area contributed by atoms with E-state index in [4.69, 9.17) is 4.74 Å². The summed E-state index contributed by atoms with van der Waals surface area (Å²) in [6.07, 6.45) is 1.43. The first-order valence-corrected chi connectivity index (χ1v) is 6.96. The Hall–Kier alpha value is -1.54. The number of hydrogen-bond donors (Lipinski definition) is 1. The van der Waals surface area contributed by atoms with Crippen molar-refractivity contribution >= 4 is 5.91 Å². The molecule has 112 valence electrons. The van der Waals surface area contributed by atoms with Gasteiger partial charge in [0.15, 0.2) is 0 Å². The Morgan fingerprint density at radius 2 is 2.15 bits per heavy atom. The van der Waals surface area contributed by atoms with E-state index in [1.54, 1.807) is 0 Å². The summed E-state index contributed by atoms with van der Waals surface area (Å²) >= 11 is 0. The number of nitrogens with zero attached hydrogens (tertiary/aromatic N) is 5. The number of aromatic nitrogens is 4. The summed E-state index contributed by atoms with van der Waals surface area (Å²) in [5.74, 6) is 0.401. The van der Waals surface area contributed by atoms with Crippen molar-refractivity contribution in [1.82, 2.24) is 30.4 Å². The molecule has 0 bridgehead atoms. The fourth-order valence-corrected chi connectivity index (χ4v) is 2.37. The summed E-state index contributed by atoms with van der Waals surface area (Å²) < 4.78 is 6.78. The van der Waals surface area contributed by atoms with Gasteiger partial charge in [0.25, 0.3) is 0 Å². The van der Waals surface area contributed by atoms with E-state index in [1.165, 1.54) is 11.0 Å². The Kier molecular flexibility index (Phi) is 5.42. The van der Waals surface area contributed by atoms with Crippen LogP contribution < -0.4 is 5.32 Å². The van der Waals surface area contributed by atoms with Gasteiger partial charge >= 0.3 is 0 Å². The highest BCUT2D eigenvalue weighted by atomic mass is 16.5. The number of morpholine rings is 1. The van der Waals surface area contributed by atoms with Crippen LogP contribution in [0.5, 0.6) is 0 Å². The molecule has 1 aromatic heterocycles. The molecule has 20 heavy (non-hydrogen) atoms. The molecule has 1 unspecified atom stereocenters. The number of ether oxygens (including phenoxy) is 1. The monoisotopic (exact) mass is 282 g/mol. The highest BCUT2D eigenvalue weighted by molar-refractivity contribution is 5.75. The lowest BCUT2D eigenvalue weighted by Crippen LogP contribution is -2.51. The summed E-state index contributed by atoms with van der Waals surface area (Å²) in [4.78, 5) is 14.2. The number of carbonyl (C=O) groups excluding carboxylic acids is 1.